The van der Waals surface area contributed by atoms with E-state index in [4.69, 9.17) is 9.47 Å². The van der Waals surface area contributed by atoms with Gasteiger partial charge in [-0.3, -0.25) is 23.9 Å². The second kappa shape index (κ2) is 15.2. The number of ketones is 1. The molecule has 2 amide bonds. The van der Waals surface area contributed by atoms with Crippen molar-refractivity contribution in [3.8, 4) is 11.1 Å². The molecule has 3 aliphatic heterocycles. The standard InChI is InChI=1S/C46H62N2O8S/c1-29-11-20-35-30-14-16-33(17-15-30)46(55-7)25-38(39(49)26-45(24-37(45)31-12-13-31)42(52)47-57(53,54)34-18-19-34)48(27-46)41(51)36(43(2,3)4)23-40(50)56-28-44(5,6)21-9-8-10-32(35)22-29/h11,14-17,20,22,31,34,36-38H,8-10,12-13,18-19,21,23-28H2,1-7H3,(H,47,52)/t36-,37+,38+,45-,46+/m1/s1. The van der Waals surface area contributed by atoms with E-state index in [2.05, 4.69) is 55.8 Å². The molecule has 1 saturated heterocycles. The molecule has 2 aromatic carbocycles. The summed E-state index contributed by atoms with van der Waals surface area (Å²) >= 11 is 0. The van der Waals surface area contributed by atoms with Gasteiger partial charge in [0.25, 0.3) is 0 Å². The van der Waals surface area contributed by atoms with Crippen molar-refractivity contribution in [1.82, 2.24) is 9.62 Å². The molecule has 57 heavy (non-hydrogen) atoms. The maximum atomic E-state index is 15.0. The van der Waals surface area contributed by atoms with Crippen molar-refractivity contribution in [2.45, 2.75) is 135 Å². The third-order valence-corrected chi connectivity index (χ3v) is 15.5. The Morgan fingerprint density at radius 2 is 1.68 bits per heavy atom. The van der Waals surface area contributed by atoms with E-state index in [1.807, 2.05) is 32.9 Å². The summed E-state index contributed by atoms with van der Waals surface area (Å²) in [6, 6.07) is 13.8. The van der Waals surface area contributed by atoms with E-state index >= 15 is 4.79 Å². The number of hydrogen-bond acceptors (Lipinski definition) is 8. The summed E-state index contributed by atoms with van der Waals surface area (Å²) in [5.74, 6) is -2.28. The van der Waals surface area contributed by atoms with Gasteiger partial charge >= 0.3 is 5.97 Å². The van der Waals surface area contributed by atoms with Crippen molar-refractivity contribution in [3.05, 3.63) is 59.2 Å². The highest BCUT2D eigenvalue weighted by molar-refractivity contribution is 7.90. The quantitative estimate of drug-likeness (QED) is 0.272. The number of esters is 1. The summed E-state index contributed by atoms with van der Waals surface area (Å²) in [4.78, 5) is 59.0. The molecule has 3 saturated carbocycles. The van der Waals surface area contributed by atoms with Crippen LogP contribution >= 0.6 is 0 Å². The Hall–Kier alpha value is -3.57. The van der Waals surface area contributed by atoms with Crippen molar-refractivity contribution < 1.29 is 37.1 Å². The predicted molar refractivity (Wildman–Crippen MR) is 218 cm³/mol. The maximum Gasteiger partial charge on any atom is 0.306 e. The molecule has 4 fully saturated rings. The molecule has 4 bridgehead atoms. The number of ether oxygens (including phenoxy) is 2. The van der Waals surface area contributed by atoms with E-state index in [0.717, 1.165) is 55.2 Å². The molecule has 1 N–H and O–H groups in total. The van der Waals surface area contributed by atoms with Crippen molar-refractivity contribution in [2.75, 3.05) is 20.3 Å². The fourth-order valence-electron chi connectivity index (χ4n) is 9.60. The van der Waals surface area contributed by atoms with Gasteiger partial charge in [0.15, 0.2) is 5.78 Å². The van der Waals surface area contributed by atoms with Gasteiger partial charge in [-0.2, -0.15) is 0 Å². The molecule has 6 aliphatic rings. The first-order valence-corrected chi connectivity index (χ1v) is 22.6. The lowest BCUT2D eigenvalue weighted by Gasteiger charge is -2.35. The molecule has 2 aromatic rings. The number of hydrogen-bond donors (Lipinski definition) is 1. The van der Waals surface area contributed by atoms with Gasteiger partial charge in [0.1, 0.15) is 5.60 Å². The minimum atomic E-state index is -3.82. The van der Waals surface area contributed by atoms with Gasteiger partial charge in [0.2, 0.25) is 21.8 Å². The minimum Gasteiger partial charge on any atom is -0.465 e. The number of methoxy groups -OCH3 is 1. The smallest absolute Gasteiger partial charge is 0.306 e. The lowest BCUT2D eigenvalue weighted by atomic mass is 9.77. The van der Waals surface area contributed by atoms with E-state index in [-0.39, 0.29) is 61.4 Å². The number of benzene rings is 2. The zero-order valence-electron chi connectivity index (χ0n) is 34.9. The van der Waals surface area contributed by atoms with Crippen LogP contribution in [0.25, 0.3) is 11.1 Å². The lowest BCUT2D eigenvalue weighted by molar-refractivity contribution is -0.155. The van der Waals surface area contributed by atoms with Crippen LogP contribution < -0.4 is 4.72 Å². The summed E-state index contributed by atoms with van der Waals surface area (Å²) in [7, 11) is -2.22. The van der Waals surface area contributed by atoms with Gasteiger partial charge < -0.3 is 14.4 Å². The number of nitrogens with one attached hydrogen (secondary N) is 1. The van der Waals surface area contributed by atoms with Crippen molar-refractivity contribution in [2.24, 2.45) is 34.0 Å². The molecule has 0 radical (unpaired) electrons. The van der Waals surface area contributed by atoms with Crippen LogP contribution in [0.5, 0.6) is 0 Å². The minimum absolute atomic E-state index is 0.0733. The monoisotopic (exact) mass is 802 g/mol. The molecule has 5 atom stereocenters. The zero-order valence-corrected chi connectivity index (χ0v) is 35.8. The summed E-state index contributed by atoms with van der Waals surface area (Å²) in [6.07, 6.45) is 6.99. The first-order chi connectivity index (χ1) is 26.8. The third kappa shape index (κ3) is 8.75. The Bertz CT molecular complexity index is 2010. The van der Waals surface area contributed by atoms with Crippen LogP contribution in [0.4, 0.5) is 0 Å². The number of rotatable bonds is 8. The molecule has 10 nitrogen and oxygen atoms in total. The number of amides is 2. The fraction of sp³-hybridized carbons (Fsp3) is 0.652. The average Bonchev–Trinajstić information content (AvgIpc) is 4.02. The summed E-state index contributed by atoms with van der Waals surface area (Å²) in [5, 5.41) is -0.569. The first-order valence-electron chi connectivity index (χ1n) is 21.1. The number of sulfonamides is 1. The Morgan fingerprint density at radius 1 is 0.982 bits per heavy atom. The highest BCUT2D eigenvalue weighted by atomic mass is 32.2. The number of fused-ring (bicyclic) bond motifs is 12. The SMILES string of the molecule is CO[C@@]12C[C@@H](C(=O)C[C@]3(C(=O)NS(=O)(=O)C4CC4)C[C@H]3C3CC3)N(C1)C(=O)[C@H](C(C)(C)C)CC(=O)OCC(C)(C)CCCCc1cc(C)ccc1-c1ccc2cc1. The van der Waals surface area contributed by atoms with E-state index in [9.17, 15) is 22.8 Å². The van der Waals surface area contributed by atoms with Crippen LogP contribution in [0.15, 0.2) is 42.5 Å². The van der Waals surface area contributed by atoms with Gasteiger partial charge in [-0.15, -0.1) is 0 Å². The van der Waals surface area contributed by atoms with Crippen LogP contribution in [0, 0.1) is 40.9 Å². The fourth-order valence-corrected chi connectivity index (χ4v) is 11.0. The molecule has 0 spiro atoms. The second-order valence-electron chi connectivity index (χ2n) is 19.9. The number of nitrogens with zero attached hydrogens (tertiary/aromatic N) is 1. The Kier molecular flexibility index (Phi) is 11.1. The summed E-state index contributed by atoms with van der Waals surface area (Å²) < 4.78 is 40.5. The van der Waals surface area contributed by atoms with Crippen LogP contribution in [0.2, 0.25) is 0 Å². The highest BCUT2D eigenvalue weighted by Gasteiger charge is 2.66. The maximum absolute atomic E-state index is 15.0. The molecular weight excluding hydrogens is 741 g/mol. The molecule has 11 heteroatoms. The van der Waals surface area contributed by atoms with Gasteiger partial charge in [-0.05, 0) is 103 Å². The predicted octanol–water partition coefficient (Wildman–Crippen LogP) is 7.44. The molecule has 3 heterocycles. The van der Waals surface area contributed by atoms with Crippen LogP contribution in [0.1, 0.15) is 122 Å². The Balaban J connectivity index is 1.26. The number of carbonyl (C=O) groups is 4. The Labute approximate surface area is 339 Å². The zero-order chi connectivity index (χ0) is 41.1. The summed E-state index contributed by atoms with van der Waals surface area (Å²) in [5.41, 5.74) is 2.42. The van der Waals surface area contributed by atoms with Gasteiger partial charge in [0.05, 0.1) is 42.2 Å². The van der Waals surface area contributed by atoms with E-state index < -0.39 is 55.5 Å². The van der Waals surface area contributed by atoms with Crippen molar-refractivity contribution >= 4 is 33.6 Å². The van der Waals surface area contributed by atoms with Crippen LogP contribution in [0.3, 0.4) is 0 Å². The first kappa shape index (κ1) is 41.6. The van der Waals surface area contributed by atoms with Crippen LogP contribution in [-0.4, -0.2) is 68.4 Å². The number of aryl methyl sites for hydroxylation is 2. The molecule has 0 aromatic heterocycles. The molecule has 0 unspecified atom stereocenters. The average molecular weight is 803 g/mol. The van der Waals surface area contributed by atoms with Crippen molar-refractivity contribution in [1.29, 1.82) is 0 Å². The van der Waals surface area contributed by atoms with Crippen LogP contribution in [-0.2, 0) is 50.7 Å². The topological polar surface area (TPSA) is 136 Å². The number of carbonyl (C=O) groups excluding carboxylic acids is 4. The van der Waals surface area contributed by atoms with Gasteiger partial charge in [0, 0.05) is 20.0 Å². The van der Waals surface area contributed by atoms with E-state index in [1.54, 1.807) is 12.0 Å². The second-order valence-corrected chi connectivity index (χ2v) is 21.9. The third-order valence-electron chi connectivity index (χ3n) is 13.7. The molecule has 310 valence electrons. The largest absolute Gasteiger partial charge is 0.465 e. The van der Waals surface area contributed by atoms with Gasteiger partial charge in [-0.25, -0.2) is 8.42 Å². The molecule has 8 rings (SSSR count). The molecule has 3 aliphatic carbocycles. The molecular formula is C46H62N2O8S. The van der Waals surface area contributed by atoms with Crippen molar-refractivity contribution in [3.63, 3.8) is 0 Å². The lowest BCUT2D eigenvalue weighted by Crippen LogP contribution is -2.49. The number of Topliss-reactive ketones (excluding diaryl/α,β-unsaturated/α-hetero) is 1. The Morgan fingerprint density at radius 3 is 2.32 bits per heavy atom. The summed E-state index contributed by atoms with van der Waals surface area (Å²) in [6.45, 7) is 12.4. The van der Waals surface area contributed by atoms with Gasteiger partial charge in [-0.1, -0.05) is 89.1 Å². The van der Waals surface area contributed by atoms with E-state index in [0.29, 0.717) is 19.3 Å². The normalized spacial score (nSPS) is 29.7. The highest BCUT2D eigenvalue weighted by Crippen LogP contribution is 2.65. The van der Waals surface area contributed by atoms with E-state index in [1.165, 1.54) is 11.1 Å².